The van der Waals surface area contributed by atoms with Gasteiger partial charge in [0.2, 0.25) is 0 Å². The normalized spacial score (nSPS) is 27.3. The second kappa shape index (κ2) is 5.45. The average Bonchev–Trinajstić information content (AvgIpc) is 3.05. The molecule has 2 aliphatic heterocycles. The van der Waals surface area contributed by atoms with Crippen molar-refractivity contribution in [3.8, 4) is 0 Å². The molecule has 3 heteroatoms. The fourth-order valence-corrected chi connectivity index (χ4v) is 3.40. The average molecular weight is 248 g/mol. The van der Waals surface area contributed by atoms with E-state index >= 15 is 0 Å². The highest BCUT2D eigenvalue weighted by Crippen LogP contribution is 2.23. The Hall–Kier alpha value is -0.800. The van der Waals surface area contributed by atoms with E-state index in [0.29, 0.717) is 6.04 Å². The molecule has 0 radical (unpaired) electrons. The van der Waals surface area contributed by atoms with Crippen LogP contribution >= 0.6 is 0 Å². The minimum atomic E-state index is 0.679. The van der Waals surface area contributed by atoms with Crippen LogP contribution in [0.4, 0.5) is 0 Å². The molecular formula is C15H24N2O. The molecule has 2 atom stereocenters. The van der Waals surface area contributed by atoms with Crippen LogP contribution in [-0.4, -0.2) is 48.1 Å². The standard InChI is InChI=1S/C15H24N2O/c1-13(6-7-15-5-3-11-18-15)17-10-9-16-8-2-4-14(16)12-17/h3,5,11,13-14H,2,4,6-10,12H2,1H3. The summed E-state index contributed by atoms with van der Waals surface area (Å²) < 4.78 is 5.41. The van der Waals surface area contributed by atoms with E-state index in [4.69, 9.17) is 4.42 Å². The SMILES string of the molecule is CC(CCc1ccco1)N1CCN2CCCC2C1. The van der Waals surface area contributed by atoms with Crippen molar-refractivity contribution in [1.82, 2.24) is 9.80 Å². The van der Waals surface area contributed by atoms with Crippen molar-refractivity contribution in [2.24, 2.45) is 0 Å². The molecule has 100 valence electrons. The minimum absolute atomic E-state index is 0.679. The summed E-state index contributed by atoms with van der Waals surface area (Å²) in [5, 5.41) is 0. The molecule has 2 unspecified atom stereocenters. The smallest absolute Gasteiger partial charge is 0.103 e. The highest BCUT2D eigenvalue weighted by molar-refractivity contribution is 4.98. The molecule has 1 aromatic heterocycles. The number of rotatable bonds is 4. The molecule has 0 N–H and O–H groups in total. The van der Waals surface area contributed by atoms with Gasteiger partial charge in [-0.05, 0) is 44.9 Å². The lowest BCUT2D eigenvalue weighted by Crippen LogP contribution is -2.52. The van der Waals surface area contributed by atoms with E-state index in [-0.39, 0.29) is 0 Å². The van der Waals surface area contributed by atoms with Crippen molar-refractivity contribution in [3.05, 3.63) is 24.2 Å². The minimum Gasteiger partial charge on any atom is -0.469 e. The molecule has 2 saturated heterocycles. The zero-order valence-corrected chi connectivity index (χ0v) is 11.3. The lowest BCUT2D eigenvalue weighted by Gasteiger charge is -2.40. The van der Waals surface area contributed by atoms with Gasteiger partial charge in [-0.25, -0.2) is 0 Å². The van der Waals surface area contributed by atoms with Gasteiger partial charge >= 0.3 is 0 Å². The first kappa shape index (κ1) is 12.2. The Morgan fingerprint density at radius 2 is 2.33 bits per heavy atom. The molecule has 0 amide bonds. The second-order valence-electron chi connectivity index (χ2n) is 5.79. The van der Waals surface area contributed by atoms with Gasteiger partial charge < -0.3 is 4.42 Å². The first-order valence-electron chi connectivity index (χ1n) is 7.33. The number of hydrogen-bond donors (Lipinski definition) is 0. The molecule has 0 aliphatic carbocycles. The van der Waals surface area contributed by atoms with E-state index in [9.17, 15) is 0 Å². The van der Waals surface area contributed by atoms with Crippen LogP contribution in [0.25, 0.3) is 0 Å². The molecule has 2 fully saturated rings. The van der Waals surface area contributed by atoms with Crippen LogP contribution in [-0.2, 0) is 6.42 Å². The van der Waals surface area contributed by atoms with Gasteiger partial charge in [-0.2, -0.15) is 0 Å². The van der Waals surface area contributed by atoms with Crippen LogP contribution in [0.1, 0.15) is 31.9 Å². The summed E-state index contributed by atoms with van der Waals surface area (Å²) in [6, 6.07) is 5.58. The summed E-state index contributed by atoms with van der Waals surface area (Å²) in [5.41, 5.74) is 0. The van der Waals surface area contributed by atoms with Crippen LogP contribution in [0.2, 0.25) is 0 Å². The number of nitrogens with zero attached hydrogens (tertiary/aromatic N) is 2. The van der Waals surface area contributed by atoms with Gasteiger partial charge in [0.15, 0.2) is 0 Å². The van der Waals surface area contributed by atoms with Crippen molar-refractivity contribution >= 4 is 0 Å². The topological polar surface area (TPSA) is 19.6 Å². The number of hydrogen-bond acceptors (Lipinski definition) is 3. The largest absolute Gasteiger partial charge is 0.469 e. The van der Waals surface area contributed by atoms with Gasteiger partial charge in [0, 0.05) is 38.1 Å². The van der Waals surface area contributed by atoms with E-state index in [0.717, 1.165) is 18.2 Å². The molecule has 0 bridgehead atoms. The quantitative estimate of drug-likeness (QED) is 0.815. The van der Waals surface area contributed by atoms with Crippen LogP contribution in [0, 0.1) is 0 Å². The van der Waals surface area contributed by atoms with Crippen LogP contribution in [0.15, 0.2) is 22.8 Å². The third-order valence-corrected chi connectivity index (χ3v) is 4.63. The predicted octanol–water partition coefficient (Wildman–Crippen LogP) is 2.38. The fourth-order valence-electron chi connectivity index (χ4n) is 3.40. The van der Waals surface area contributed by atoms with Gasteiger partial charge in [-0.15, -0.1) is 0 Å². The third-order valence-electron chi connectivity index (χ3n) is 4.63. The maximum Gasteiger partial charge on any atom is 0.103 e. The highest BCUT2D eigenvalue weighted by Gasteiger charge is 2.31. The number of piperazine rings is 1. The number of fused-ring (bicyclic) bond motifs is 1. The Morgan fingerprint density at radius 1 is 1.39 bits per heavy atom. The van der Waals surface area contributed by atoms with Crippen molar-refractivity contribution in [3.63, 3.8) is 0 Å². The molecule has 0 aromatic carbocycles. The van der Waals surface area contributed by atoms with Gasteiger partial charge in [0.1, 0.15) is 5.76 Å². The van der Waals surface area contributed by atoms with E-state index < -0.39 is 0 Å². The van der Waals surface area contributed by atoms with Gasteiger partial charge in [0.05, 0.1) is 6.26 Å². The summed E-state index contributed by atoms with van der Waals surface area (Å²) in [7, 11) is 0. The summed E-state index contributed by atoms with van der Waals surface area (Å²) in [6.07, 6.45) is 6.86. The number of furan rings is 1. The summed E-state index contributed by atoms with van der Waals surface area (Å²) >= 11 is 0. The Morgan fingerprint density at radius 3 is 3.17 bits per heavy atom. The Kier molecular flexibility index (Phi) is 3.71. The predicted molar refractivity (Wildman–Crippen MR) is 72.7 cm³/mol. The highest BCUT2D eigenvalue weighted by atomic mass is 16.3. The van der Waals surface area contributed by atoms with Crippen molar-refractivity contribution in [2.75, 3.05) is 26.2 Å². The molecule has 2 aliphatic rings. The molecule has 3 rings (SSSR count). The summed E-state index contributed by atoms with van der Waals surface area (Å²) in [5.74, 6) is 1.13. The molecule has 1 aromatic rings. The van der Waals surface area contributed by atoms with Gasteiger partial charge in [-0.1, -0.05) is 0 Å². The van der Waals surface area contributed by atoms with Crippen molar-refractivity contribution < 1.29 is 4.42 Å². The van der Waals surface area contributed by atoms with E-state index in [1.165, 1.54) is 45.4 Å². The Bertz CT molecular complexity index is 363. The van der Waals surface area contributed by atoms with Crippen LogP contribution in [0.5, 0.6) is 0 Å². The second-order valence-corrected chi connectivity index (χ2v) is 5.79. The van der Waals surface area contributed by atoms with E-state index in [1.54, 1.807) is 6.26 Å². The van der Waals surface area contributed by atoms with Crippen LogP contribution < -0.4 is 0 Å². The first-order chi connectivity index (χ1) is 8.83. The maximum absolute atomic E-state index is 5.41. The molecule has 0 saturated carbocycles. The first-order valence-corrected chi connectivity index (χ1v) is 7.33. The summed E-state index contributed by atoms with van der Waals surface area (Å²) in [4.78, 5) is 5.35. The molecule has 3 heterocycles. The third kappa shape index (κ3) is 2.62. The molecule has 0 spiro atoms. The lowest BCUT2D eigenvalue weighted by atomic mass is 10.1. The van der Waals surface area contributed by atoms with Crippen molar-refractivity contribution in [1.29, 1.82) is 0 Å². The zero-order valence-electron chi connectivity index (χ0n) is 11.3. The van der Waals surface area contributed by atoms with E-state index in [2.05, 4.69) is 22.8 Å². The molecular weight excluding hydrogens is 224 g/mol. The molecule has 18 heavy (non-hydrogen) atoms. The summed E-state index contributed by atoms with van der Waals surface area (Å²) in [6.45, 7) is 7.50. The van der Waals surface area contributed by atoms with Gasteiger partial charge in [-0.3, -0.25) is 9.80 Å². The number of aryl methyl sites for hydroxylation is 1. The Labute approximate surface area is 110 Å². The van der Waals surface area contributed by atoms with Crippen LogP contribution in [0.3, 0.4) is 0 Å². The monoisotopic (exact) mass is 248 g/mol. The van der Waals surface area contributed by atoms with Gasteiger partial charge in [0.25, 0.3) is 0 Å². The molecule has 3 nitrogen and oxygen atoms in total. The van der Waals surface area contributed by atoms with Crippen molar-refractivity contribution in [2.45, 2.75) is 44.7 Å². The maximum atomic E-state index is 5.41. The van der Waals surface area contributed by atoms with E-state index in [1.807, 2.05) is 6.07 Å². The lowest BCUT2D eigenvalue weighted by molar-refractivity contribution is 0.0739. The fraction of sp³-hybridized carbons (Fsp3) is 0.733. The Balaban J connectivity index is 1.48. The zero-order chi connectivity index (χ0) is 12.4.